The third-order valence-corrected chi connectivity index (χ3v) is 3.65. The maximum atomic E-state index is 13.0. The molecule has 0 aromatic heterocycles. The van der Waals surface area contributed by atoms with Crippen LogP contribution in [-0.4, -0.2) is 30.6 Å². The van der Waals surface area contributed by atoms with Gasteiger partial charge in [-0.1, -0.05) is 19.3 Å². The zero-order valence-electron chi connectivity index (χ0n) is 11.2. The van der Waals surface area contributed by atoms with E-state index in [2.05, 4.69) is 4.74 Å². The SMILES string of the molecule is CC1(C(=O)OCC(F)(F)C(F)(F)C(F)(F)F)CCCCC1. The maximum Gasteiger partial charge on any atom is 0.460 e. The summed E-state index contributed by atoms with van der Waals surface area (Å²) >= 11 is 0. The van der Waals surface area contributed by atoms with Crippen molar-refractivity contribution in [2.24, 2.45) is 5.41 Å². The van der Waals surface area contributed by atoms with Gasteiger partial charge in [-0.3, -0.25) is 4.79 Å². The second kappa shape index (κ2) is 5.64. The monoisotopic (exact) mass is 324 g/mol. The largest absolute Gasteiger partial charge is 0.460 e. The lowest BCUT2D eigenvalue weighted by molar-refractivity contribution is -0.360. The Morgan fingerprint density at radius 3 is 1.90 bits per heavy atom. The minimum Gasteiger partial charge on any atom is -0.459 e. The van der Waals surface area contributed by atoms with Crippen LogP contribution in [0.4, 0.5) is 30.7 Å². The zero-order valence-corrected chi connectivity index (χ0v) is 11.2. The quantitative estimate of drug-likeness (QED) is 0.568. The molecule has 0 aliphatic heterocycles. The first kappa shape index (κ1) is 18.0. The van der Waals surface area contributed by atoms with Crippen molar-refractivity contribution in [1.82, 2.24) is 0 Å². The van der Waals surface area contributed by atoms with Crippen LogP contribution < -0.4 is 0 Å². The van der Waals surface area contributed by atoms with Crippen LogP contribution in [0.3, 0.4) is 0 Å². The molecule has 0 bridgehead atoms. The number of hydrogen-bond donors (Lipinski definition) is 0. The summed E-state index contributed by atoms with van der Waals surface area (Å²) in [4.78, 5) is 11.7. The number of carbonyl (C=O) groups excluding carboxylic acids is 1. The van der Waals surface area contributed by atoms with E-state index in [0.29, 0.717) is 25.7 Å². The Balaban J connectivity index is 2.71. The van der Waals surface area contributed by atoms with E-state index in [9.17, 15) is 35.5 Å². The van der Waals surface area contributed by atoms with Gasteiger partial charge in [-0.15, -0.1) is 0 Å². The third kappa shape index (κ3) is 3.60. The first-order chi connectivity index (χ1) is 9.33. The average Bonchev–Trinajstić information content (AvgIpc) is 2.35. The van der Waals surface area contributed by atoms with Gasteiger partial charge in [0.25, 0.3) is 0 Å². The Bertz CT molecular complexity index is 384. The van der Waals surface area contributed by atoms with Crippen LogP contribution in [0.25, 0.3) is 0 Å². The molecule has 0 saturated heterocycles. The lowest BCUT2D eigenvalue weighted by atomic mass is 9.76. The van der Waals surface area contributed by atoms with Gasteiger partial charge in [-0.25, -0.2) is 0 Å². The Kier molecular flexibility index (Phi) is 4.84. The van der Waals surface area contributed by atoms with Crippen molar-refractivity contribution in [1.29, 1.82) is 0 Å². The predicted octanol–water partition coefficient (Wildman–Crippen LogP) is 4.33. The molecule has 0 aromatic rings. The van der Waals surface area contributed by atoms with Gasteiger partial charge in [-0.2, -0.15) is 30.7 Å². The molecule has 0 radical (unpaired) electrons. The van der Waals surface area contributed by atoms with Crippen LogP contribution >= 0.6 is 0 Å². The van der Waals surface area contributed by atoms with Crippen molar-refractivity contribution in [3.8, 4) is 0 Å². The molecule has 1 aliphatic rings. The van der Waals surface area contributed by atoms with Crippen molar-refractivity contribution in [2.45, 2.75) is 57.0 Å². The Hall–Kier alpha value is -1.02. The van der Waals surface area contributed by atoms with Crippen LogP contribution in [0.15, 0.2) is 0 Å². The van der Waals surface area contributed by atoms with Gasteiger partial charge in [0.2, 0.25) is 0 Å². The van der Waals surface area contributed by atoms with Crippen molar-refractivity contribution < 1.29 is 40.3 Å². The van der Waals surface area contributed by atoms with E-state index in [0.717, 1.165) is 6.42 Å². The lowest BCUT2D eigenvalue weighted by Gasteiger charge is -2.33. The summed E-state index contributed by atoms with van der Waals surface area (Å²) in [7, 11) is 0. The molecule has 0 heterocycles. The van der Waals surface area contributed by atoms with Crippen molar-refractivity contribution in [2.75, 3.05) is 6.61 Å². The number of hydrogen-bond acceptors (Lipinski definition) is 2. The number of esters is 1. The molecular weight excluding hydrogens is 309 g/mol. The highest BCUT2D eigenvalue weighted by molar-refractivity contribution is 5.76. The second-order valence-corrected chi connectivity index (χ2v) is 5.47. The van der Waals surface area contributed by atoms with Gasteiger partial charge in [0.05, 0.1) is 5.41 Å². The maximum absolute atomic E-state index is 13.0. The van der Waals surface area contributed by atoms with Crippen LogP contribution in [0.1, 0.15) is 39.0 Å². The summed E-state index contributed by atoms with van der Waals surface area (Å²) in [6.07, 6.45) is -3.65. The number of halogens is 7. The van der Waals surface area contributed by atoms with Crippen LogP contribution in [-0.2, 0) is 9.53 Å². The number of ether oxygens (including phenoxy) is 1. The topological polar surface area (TPSA) is 26.3 Å². The number of carbonyl (C=O) groups is 1. The summed E-state index contributed by atoms with van der Waals surface area (Å²) < 4.78 is 91.1. The van der Waals surface area contributed by atoms with E-state index < -0.39 is 36.0 Å². The van der Waals surface area contributed by atoms with E-state index in [-0.39, 0.29) is 0 Å². The first-order valence-corrected chi connectivity index (χ1v) is 6.33. The average molecular weight is 324 g/mol. The van der Waals surface area contributed by atoms with E-state index >= 15 is 0 Å². The van der Waals surface area contributed by atoms with E-state index in [4.69, 9.17) is 0 Å². The summed E-state index contributed by atoms with van der Waals surface area (Å²) in [6, 6.07) is 0. The highest BCUT2D eigenvalue weighted by Crippen LogP contribution is 2.47. The number of alkyl halides is 7. The standard InChI is InChI=1S/C12H15F7O2/c1-9(5-3-2-4-6-9)8(20)21-7-10(13,14)11(15,16)12(17,18)19/h2-7H2,1H3. The van der Waals surface area contributed by atoms with Gasteiger partial charge in [0.15, 0.2) is 6.61 Å². The lowest BCUT2D eigenvalue weighted by Crippen LogP contribution is -2.54. The third-order valence-electron chi connectivity index (χ3n) is 3.65. The Morgan fingerprint density at radius 1 is 1.00 bits per heavy atom. The molecule has 1 rings (SSSR count). The molecule has 0 N–H and O–H groups in total. The highest BCUT2D eigenvalue weighted by atomic mass is 19.4. The first-order valence-electron chi connectivity index (χ1n) is 6.33. The highest BCUT2D eigenvalue weighted by Gasteiger charge is 2.73. The Morgan fingerprint density at radius 2 is 1.48 bits per heavy atom. The van der Waals surface area contributed by atoms with Crippen molar-refractivity contribution >= 4 is 5.97 Å². The fourth-order valence-corrected chi connectivity index (χ4v) is 2.16. The minimum absolute atomic E-state index is 0.326. The van der Waals surface area contributed by atoms with Crippen molar-refractivity contribution in [3.63, 3.8) is 0 Å². The molecule has 1 aliphatic carbocycles. The molecule has 124 valence electrons. The minimum atomic E-state index is -6.42. The molecule has 0 spiro atoms. The zero-order chi connectivity index (χ0) is 16.5. The summed E-state index contributed by atoms with van der Waals surface area (Å²) in [6.45, 7) is -0.873. The van der Waals surface area contributed by atoms with E-state index in [1.165, 1.54) is 6.92 Å². The summed E-state index contributed by atoms with van der Waals surface area (Å²) in [5, 5.41) is 0. The summed E-state index contributed by atoms with van der Waals surface area (Å²) in [5.41, 5.74) is -1.11. The normalized spacial score (nSPS) is 20.2. The molecule has 2 nitrogen and oxygen atoms in total. The fraction of sp³-hybridized carbons (Fsp3) is 0.917. The molecule has 0 unspecified atom stereocenters. The van der Waals surface area contributed by atoms with Gasteiger partial charge >= 0.3 is 24.0 Å². The summed E-state index contributed by atoms with van der Waals surface area (Å²) in [5.74, 6) is -12.9. The molecule has 9 heteroatoms. The van der Waals surface area contributed by atoms with Gasteiger partial charge in [0, 0.05) is 0 Å². The molecular formula is C12H15F7O2. The van der Waals surface area contributed by atoms with Gasteiger partial charge in [-0.05, 0) is 19.8 Å². The van der Waals surface area contributed by atoms with E-state index in [1.54, 1.807) is 0 Å². The van der Waals surface area contributed by atoms with E-state index in [1.807, 2.05) is 0 Å². The molecule has 0 aromatic carbocycles. The van der Waals surface area contributed by atoms with Crippen LogP contribution in [0, 0.1) is 5.41 Å². The van der Waals surface area contributed by atoms with Gasteiger partial charge < -0.3 is 4.74 Å². The van der Waals surface area contributed by atoms with Crippen LogP contribution in [0.5, 0.6) is 0 Å². The second-order valence-electron chi connectivity index (χ2n) is 5.47. The molecule has 0 amide bonds. The Labute approximate surface area is 116 Å². The smallest absolute Gasteiger partial charge is 0.459 e. The predicted molar refractivity (Wildman–Crippen MR) is 58.1 cm³/mol. The van der Waals surface area contributed by atoms with Gasteiger partial charge in [0.1, 0.15) is 0 Å². The molecule has 1 saturated carbocycles. The molecule has 21 heavy (non-hydrogen) atoms. The number of rotatable bonds is 4. The van der Waals surface area contributed by atoms with Crippen molar-refractivity contribution in [3.05, 3.63) is 0 Å². The fourth-order valence-electron chi connectivity index (χ4n) is 2.16. The molecule has 1 fully saturated rings. The van der Waals surface area contributed by atoms with Crippen LogP contribution in [0.2, 0.25) is 0 Å². The molecule has 0 atom stereocenters.